The van der Waals surface area contributed by atoms with E-state index >= 15 is 0 Å². The first kappa shape index (κ1) is 16.2. The molecule has 0 spiro atoms. The van der Waals surface area contributed by atoms with Crippen molar-refractivity contribution in [2.24, 2.45) is 5.92 Å². The standard InChI is InChI=1S/C17H22FN3O/c1-4-5-16-15(17(22)19-10-12(2)3)11-20-21(16)14-8-6-13(18)7-9-14/h6-9,11-12H,4-5,10H2,1-3H3,(H,19,22). The van der Waals surface area contributed by atoms with E-state index in [0.717, 1.165) is 24.2 Å². The minimum atomic E-state index is -0.289. The van der Waals surface area contributed by atoms with Crippen molar-refractivity contribution in [2.75, 3.05) is 6.54 Å². The number of carbonyl (C=O) groups is 1. The van der Waals surface area contributed by atoms with Gasteiger partial charge in [-0.3, -0.25) is 4.79 Å². The average molecular weight is 303 g/mol. The molecule has 1 amide bonds. The van der Waals surface area contributed by atoms with Crippen LogP contribution in [0.15, 0.2) is 30.5 Å². The molecule has 5 heteroatoms. The van der Waals surface area contributed by atoms with Crippen LogP contribution in [0.3, 0.4) is 0 Å². The first-order valence-electron chi connectivity index (χ1n) is 7.64. The topological polar surface area (TPSA) is 46.9 Å². The lowest BCUT2D eigenvalue weighted by Crippen LogP contribution is -2.28. The van der Waals surface area contributed by atoms with Gasteiger partial charge in [-0.15, -0.1) is 0 Å². The first-order valence-corrected chi connectivity index (χ1v) is 7.64. The van der Waals surface area contributed by atoms with Crippen LogP contribution in [0, 0.1) is 11.7 Å². The van der Waals surface area contributed by atoms with Crippen LogP contribution in [0.2, 0.25) is 0 Å². The molecule has 0 radical (unpaired) electrons. The van der Waals surface area contributed by atoms with Crippen LogP contribution in [-0.2, 0) is 6.42 Å². The largest absolute Gasteiger partial charge is 0.352 e. The van der Waals surface area contributed by atoms with Crippen LogP contribution in [0.1, 0.15) is 43.2 Å². The van der Waals surface area contributed by atoms with E-state index in [0.29, 0.717) is 18.0 Å². The highest BCUT2D eigenvalue weighted by Crippen LogP contribution is 2.17. The summed E-state index contributed by atoms with van der Waals surface area (Å²) >= 11 is 0. The molecule has 0 aliphatic carbocycles. The number of benzene rings is 1. The van der Waals surface area contributed by atoms with Crippen molar-refractivity contribution in [3.8, 4) is 5.69 Å². The molecular formula is C17H22FN3O. The molecule has 1 heterocycles. The van der Waals surface area contributed by atoms with Crippen LogP contribution in [-0.4, -0.2) is 22.2 Å². The second-order valence-electron chi connectivity index (χ2n) is 5.75. The Bertz CT molecular complexity index is 632. The Labute approximate surface area is 130 Å². The Hall–Kier alpha value is -2.17. The van der Waals surface area contributed by atoms with Crippen molar-refractivity contribution < 1.29 is 9.18 Å². The zero-order chi connectivity index (χ0) is 16.1. The fourth-order valence-electron chi connectivity index (χ4n) is 2.24. The molecule has 0 bridgehead atoms. The lowest BCUT2D eigenvalue weighted by molar-refractivity contribution is 0.0948. The third-order valence-electron chi connectivity index (χ3n) is 3.34. The molecule has 0 aliphatic rings. The fraction of sp³-hybridized carbons (Fsp3) is 0.412. The monoisotopic (exact) mass is 303 g/mol. The lowest BCUT2D eigenvalue weighted by atomic mass is 10.1. The van der Waals surface area contributed by atoms with E-state index in [1.807, 2.05) is 0 Å². The predicted octanol–water partition coefficient (Wildman–Crippen LogP) is 3.35. The lowest BCUT2D eigenvalue weighted by Gasteiger charge is -2.10. The quantitative estimate of drug-likeness (QED) is 0.889. The van der Waals surface area contributed by atoms with Crippen LogP contribution >= 0.6 is 0 Å². The summed E-state index contributed by atoms with van der Waals surface area (Å²) in [6.07, 6.45) is 3.23. The third-order valence-corrected chi connectivity index (χ3v) is 3.34. The van der Waals surface area contributed by atoms with Crippen molar-refractivity contribution >= 4 is 5.91 Å². The minimum Gasteiger partial charge on any atom is -0.352 e. The van der Waals surface area contributed by atoms with E-state index in [1.165, 1.54) is 12.1 Å². The van der Waals surface area contributed by atoms with Crippen LogP contribution < -0.4 is 5.32 Å². The maximum absolute atomic E-state index is 13.1. The van der Waals surface area contributed by atoms with Gasteiger partial charge in [-0.25, -0.2) is 9.07 Å². The minimum absolute atomic E-state index is 0.106. The summed E-state index contributed by atoms with van der Waals surface area (Å²) in [5, 5.41) is 7.24. The molecule has 4 nitrogen and oxygen atoms in total. The SMILES string of the molecule is CCCc1c(C(=O)NCC(C)C)cnn1-c1ccc(F)cc1. The normalized spacial score (nSPS) is 11.0. The van der Waals surface area contributed by atoms with Gasteiger partial charge in [0.05, 0.1) is 23.1 Å². The van der Waals surface area contributed by atoms with Crippen molar-refractivity contribution in [1.82, 2.24) is 15.1 Å². The average Bonchev–Trinajstić information content (AvgIpc) is 2.90. The molecule has 1 N–H and O–H groups in total. The number of amides is 1. The summed E-state index contributed by atoms with van der Waals surface area (Å²) in [7, 11) is 0. The summed E-state index contributed by atoms with van der Waals surface area (Å²) in [6.45, 7) is 6.79. The summed E-state index contributed by atoms with van der Waals surface area (Å²) in [6, 6.07) is 6.12. The van der Waals surface area contributed by atoms with Crippen LogP contribution in [0.25, 0.3) is 5.69 Å². The van der Waals surface area contributed by atoms with Gasteiger partial charge in [-0.05, 0) is 36.6 Å². The third kappa shape index (κ3) is 3.72. The van der Waals surface area contributed by atoms with Gasteiger partial charge in [0, 0.05) is 6.54 Å². The molecule has 0 saturated carbocycles. The summed E-state index contributed by atoms with van der Waals surface area (Å²) in [5.41, 5.74) is 2.20. The molecule has 0 atom stereocenters. The molecule has 2 aromatic rings. The van der Waals surface area contributed by atoms with Gasteiger partial charge in [0.2, 0.25) is 0 Å². The molecular weight excluding hydrogens is 281 g/mol. The van der Waals surface area contributed by atoms with Crippen molar-refractivity contribution in [3.63, 3.8) is 0 Å². The molecule has 0 aliphatic heterocycles. The second-order valence-corrected chi connectivity index (χ2v) is 5.75. The molecule has 1 aromatic heterocycles. The van der Waals surface area contributed by atoms with Gasteiger partial charge in [-0.2, -0.15) is 5.10 Å². The number of nitrogens with zero attached hydrogens (tertiary/aromatic N) is 2. The maximum Gasteiger partial charge on any atom is 0.254 e. The Kier molecular flexibility index (Phi) is 5.31. The van der Waals surface area contributed by atoms with E-state index in [2.05, 4.69) is 31.2 Å². The molecule has 118 valence electrons. The van der Waals surface area contributed by atoms with Gasteiger partial charge in [-0.1, -0.05) is 27.2 Å². The zero-order valence-electron chi connectivity index (χ0n) is 13.3. The van der Waals surface area contributed by atoms with Crippen molar-refractivity contribution in [3.05, 3.63) is 47.5 Å². The van der Waals surface area contributed by atoms with Gasteiger partial charge < -0.3 is 5.32 Å². The van der Waals surface area contributed by atoms with Gasteiger partial charge in [0.15, 0.2) is 0 Å². The Morgan fingerprint density at radius 2 is 2.00 bits per heavy atom. The van der Waals surface area contributed by atoms with E-state index < -0.39 is 0 Å². The number of nitrogens with one attached hydrogen (secondary N) is 1. The fourth-order valence-corrected chi connectivity index (χ4v) is 2.24. The number of aromatic nitrogens is 2. The smallest absolute Gasteiger partial charge is 0.254 e. The number of hydrogen-bond donors (Lipinski definition) is 1. The van der Waals surface area contributed by atoms with Gasteiger partial charge in [0.1, 0.15) is 5.82 Å². The summed E-state index contributed by atoms with van der Waals surface area (Å²) in [5.74, 6) is -0.000854. The van der Waals surface area contributed by atoms with Crippen molar-refractivity contribution in [1.29, 1.82) is 0 Å². The number of halogens is 1. The van der Waals surface area contributed by atoms with Crippen molar-refractivity contribution in [2.45, 2.75) is 33.6 Å². The Morgan fingerprint density at radius 1 is 1.32 bits per heavy atom. The second kappa shape index (κ2) is 7.20. The highest BCUT2D eigenvalue weighted by atomic mass is 19.1. The molecule has 1 aromatic carbocycles. The molecule has 0 saturated heterocycles. The van der Waals surface area contributed by atoms with E-state index in [4.69, 9.17) is 0 Å². The highest BCUT2D eigenvalue weighted by Gasteiger charge is 2.17. The maximum atomic E-state index is 13.1. The molecule has 22 heavy (non-hydrogen) atoms. The zero-order valence-corrected chi connectivity index (χ0v) is 13.3. The summed E-state index contributed by atoms with van der Waals surface area (Å²) in [4.78, 5) is 12.3. The van der Waals surface area contributed by atoms with E-state index in [-0.39, 0.29) is 11.7 Å². The van der Waals surface area contributed by atoms with E-state index in [1.54, 1.807) is 23.0 Å². The van der Waals surface area contributed by atoms with Gasteiger partial charge >= 0.3 is 0 Å². The summed E-state index contributed by atoms with van der Waals surface area (Å²) < 4.78 is 14.8. The number of carbonyl (C=O) groups excluding carboxylic acids is 1. The van der Waals surface area contributed by atoms with Crippen LogP contribution in [0.4, 0.5) is 4.39 Å². The first-order chi connectivity index (χ1) is 10.5. The predicted molar refractivity (Wildman–Crippen MR) is 84.7 cm³/mol. The highest BCUT2D eigenvalue weighted by molar-refractivity contribution is 5.95. The van der Waals surface area contributed by atoms with Crippen LogP contribution in [0.5, 0.6) is 0 Å². The Morgan fingerprint density at radius 3 is 2.59 bits per heavy atom. The number of hydrogen-bond acceptors (Lipinski definition) is 2. The molecule has 0 fully saturated rings. The Balaban J connectivity index is 2.32. The van der Waals surface area contributed by atoms with E-state index in [9.17, 15) is 9.18 Å². The molecule has 0 unspecified atom stereocenters. The number of rotatable bonds is 6. The molecule has 2 rings (SSSR count). The van der Waals surface area contributed by atoms with Gasteiger partial charge in [0.25, 0.3) is 5.91 Å².